The average Bonchev–Trinajstić information content (AvgIpc) is 2.92. The van der Waals surface area contributed by atoms with E-state index in [0.717, 1.165) is 51.6 Å². The summed E-state index contributed by atoms with van der Waals surface area (Å²) in [5.41, 5.74) is 0. The zero-order chi connectivity index (χ0) is 13.0. The van der Waals surface area contributed by atoms with Crippen molar-refractivity contribution >= 4 is 5.91 Å². The van der Waals surface area contributed by atoms with Gasteiger partial charge in [-0.15, -0.1) is 0 Å². The lowest BCUT2D eigenvalue weighted by Gasteiger charge is -2.31. The fraction of sp³-hybridized carbons (Fsp3) is 0.929. The van der Waals surface area contributed by atoms with E-state index in [0.29, 0.717) is 6.04 Å². The molecule has 0 aromatic heterocycles. The Morgan fingerprint density at radius 3 is 2.39 bits per heavy atom. The van der Waals surface area contributed by atoms with Crippen molar-refractivity contribution in [1.82, 2.24) is 10.2 Å². The summed E-state index contributed by atoms with van der Waals surface area (Å²) in [5.74, 6) is 0.184. The van der Waals surface area contributed by atoms with Gasteiger partial charge in [0, 0.05) is 19.1 Å². The molecule has 1 atom stereocenters. The van der Waals surface area contributed by atoms with Crippen LogP contribution in [0.25, 0.3) is 0 Å². The Bertz CT molecular complexity index is 269. The van der Waals surface area contributed by atoms with Crippen molar-refractivity contribution in [3.8, 4) is 0 Å². The molecule has 0 bridgehead atoms. The van der Waals surface area contributed by atoms with E-state index in [4.69, 9.17) is 4.74 Å². The molecule has 0 spiro atoms. The minimum Gasteiger partial charge on any atom is -0.365 e. The van der Waals surface area contributed by atoms with Crippen LogP contribution in [-0.4, -0.2) is 49.2 Å². The van der Waals surface area contributed by atoms with Gasteiger partial charge in [-0.2, -0.15) is 0 Å². The molecule has 1 amide bonds. The van der Waals surface area contributed by atoms with Gasteiger partial charge in [0.15, 0.2) is 0 Å². The van der Waals surface area contributed by atoms with Gasteiger partial charge in [0.1, 0.15) is 6.10 Å². The van der Waals surface area contributed by atoms with Crippen LogP contribution in [-0.2, 0) is 9.53 Å². The van der Waals surface area contributed by atoms with E-state index in [-0.39, 0.29) is 18.1 Å². The van der Waals surface area contributed by atoms with E-state index in [1.54, 1.807) is 0 Å². The van der Waals surface area contributed by atoms with Crippen LogP contribution in [0.15, 0.2) is 0 Å². The van der Waals surface area contributed by atoms with Gasteiger partial charge in [0.25, 0.3) is 5.91 Å². The molecule has 0 aromatic rings. The molecule has 2 fully saturated rings. The van der Waals surface area contributed by atoms with Crippen LogP contribution in [0.4, 0.5) is 0 Å². The zero-order valence-electron chi connectivity index (χ0n) is 11.7. The van der Waals surface area contributed by atoms with E-state index in [1.165, 1.54) is 0 Å². The van der Waals surface area contributed by atoms with Gasteiger partial charge in [-0.3, -0.25) is 4.79 Å². The van der Waals surface area contributed by atoms with Crippen LogP contribution in [0.3, 0.4) is 0 Å². The van der Waals surface area contributed by atoms with Crippen molar-refractivity contribution in [3.63, 3.8) is 0 Å². The predicted octanol–water partition coefficient (Wildman–Crippen LogP) is 1.54. The number of carbonyl (C=O) groups excluding carboxylic acids is 1. The summed E-state index contributed by atoms with van der Waals surface area (Å²) in [5, 5.41) is 3.31. The highest BCUT2D eigenvalue weighted by atomic mass is 16.5. The number of carbonyl (C=O) groups is 1. The zero-order valence-corrected chi connectivity index (χ0v) is 11.7. The van der Waals surface area contributed by atoms with Gasteiger partial charge < -0.3 is 15.0 Å². The first-order valence-electron chi connectivity index (χ1n) is 7.32. The Hall–Kier alpha value is -0.610. The van der Waals surface area contributed by atoms with E-state index >= 15 is 0 Å². The number of hydrogen-bond acceptors (Lipinski definition) is 3. The molecule has 18 heavy (non-hydrogen) atoms. The molecule has 1 aliphatic carbocycles. The summed E-state index contributed by atoms with van der Waals surface area (Å²) in [6.07, 6.45) is 6.76. The molecule has 1 saturated heterocycles. The van der Waals surface area contributed by atoms with Crippen molar-refractivity contribution in [2.45, 2.75) is 63.7 Å². The topological polar surface area (TPSA) is 41.6 Å². The maximum Gasteiger partial charge on any atom is 0.251 e. The molecule has 1 aliphatic heterocycles. The maximum atomic E-state index is 12.1. The van der Waals surface area contributed by atoms with Gasteiger partial charge in [-0.25, -0.2) is 0 Å². The standard InChI is InChI=1S/C14H26N2O2/c1-11(14(17)16-9-3-4-10-16)18-13-7-5-12(15-2)6-8-13/h11-13,15H,3-10H2,1-2H3. The molecular formula is C14H26N2O2. The predicted molar refractivity (Wildman–Crippen MR) is 71.5 cm³/mol. The third kappa shape index (κ3) is 3.45. The Morgan fingerprint density at radius 1 is 1.22 bits per heavy atom. The number of hydrogen-bond donors (Lipinski definition) is 1. The fourth-order valence-electron chi connectivity index (χ4n) is 3.03. The van der Waals surface area contributed by atoms with Gasteiger partial charge in [0.05, 0.1) is 6.10 Å². The summed E-state index contributed by atoms with van der Waals surface area (Å²) >= 11 is 0. The van der Waals surface area contributed by atoms with Gasteiger partial charge in [0.2, 0.25) is 0 Å². The first kappa shape index (κ1) is 13.8. The maximum absolute atomic E-state index is 12.1. The Kier molecular flexibility index (Phi) is 5.01. The molecule has 0 aromatic carbocycles. The number of amides is 1. The lowest BCUT2D eigenvalue weighted by atomic mass is 9.93. The molecule has 4 nitrogen and oxygen atoms in total. The van der Waals surface area contributed by atoms with Crippen molar-refractivity contribution in [2.75, 3.05) is 20.1 Å². The number of nitrogens with zero attached hydrogens (tertiary/aromatic N) is 1. The number of ether oxygens (including phenoxy) is 1. The summed E-state index contributed by atoms with van der Waals surface area (Å²) in [6, 6.07) is 0.634. The molecule has 1 N–H and O–H groups in total. The second-order valence-electron chi connectivity index (χ2n) is 5.57. The number of nitrogens with one attached hydrogen (secondary N) is 1. The third-order valence-electron chi connectivity index (χ3n) is 4.24. The molecule has 4 heteroatoms. The normalized spacial score (nSPS) is 30.4. The fourth-order valence-corrected chi connectivity index (χ4v) is 3.03. The van der Waals surface area contributed by atoms with Crippen LogP contribution in [0.1, 0.15) is 45.4 Å². The lowest BCUT2D eigenvalue weighted by molar-refractivity contribution is -0.146. The second-order valence-corrected chi connectivity index (χ2v) is 5.57. The first-order valence-corrected chi connectivity index (χ1v) is 7.32. The SMILES string of the molecule is CNC1CCC(OC(C)C(=O)N2CCCC2)CC1. The summed E-state index contributed by atoms with van der Waals surface area (Å²) < 4.78 is 5.94. The van der Waals surface area contributed by atoms with Gasteiger partial charge >= 0.3 is 0 Å². The number of likely N-dealkylation sites (tertiary alicyclic amines) is 1. The molecule has 1 unspecified atom stereocenters. The minimum atomic E-state index is -0.265. The van der Waals surface area contributed by atoms with Crippen molar-refractivity contribution < 1.29 is 9.53 Å². The van der Waals surface area contributed by atoms with Crippen molar-refractivity contribution in [1.29, 1.82) is 0 Å². The molecule has 0 radical (unpaired) electrons. The van der Waals surface area contributed by atoms with Crippen LogP contribution in [0, 0.1) is 0 Å². The van der Waals surface area contributed by atoms with Crippen molar-refractivity contribution in [2.24, 2.45) is 0 Å². The van der Waals surface area contributed by atoms with Crippen molar-refractivity contribution in [3.05, 3.63) is 0 Å². The highest BCUT2D eigenvalue weighted by molar-refractivity contribution is 5.80. The molecule has 1 saturated carbocycles. The quantitative estimate of drug-likeness (QED) is 0.827. The molecule has 104 valence electrons. The molecule has 2 rings (SSSR count). The minimum absolute atomic E-state index is 0.184. The molecule has 1 heterocycles. The van der Waals surface area contributed by atoms with E-state index < -0.39 is 0 Å². The third-order valence-corrected chi connectivity index (χ3v) is 4.24. The number of rotatable bonds is 4. The van der Waals surface area contributed by atoms with E-state index in [2.05, 4.69) is 5.32 Å². The van der Waals surface area contributed by atoms with Gasteiger partial charge in [-0.1, -0.05) is 0 Å². The Labute approximate surface area is 110 Å². The first-order chi connectivity index (χ1) is 8.70. The molecule has 2 aliphatic rings. The summed E-state index contributed by atoms with van der Waals surface area (Å²) in [6.45, 7) is 3.74. The Balaban J connectivity index is 1.73. The smallest absolute Gasteiger partial charge is 0.251 e. The highest BCUT2D eigenvalue weighted by Gasteiger charge is 2.28. The van der Waals surface area contributed by atoms with Crippen LogP contribution in [0.5, 0.6) is 0 Å². The van der Waals surface area contributed by atoms with Gasteiger partial charge in [-0.05, 0) is 52.5 Å². The molecular weight excluding hydrogens is 228 g/mol. The second kappa shape index (κ2) is 6.53. The highest BCUT2D eigenvalue weighted by Crippen LogP contribution is 2.23. The summed E-state index contributed by atoms with van der Waals surface area (Å²) in [7, 11) is 2.02. The van der Waals surface area contributed by atoms with E-state index in [1.807, 2.05) is 18.9 Å². The largest absolute Gasteiger partial charge is 0.365 e. The van der Waals surface area contributed by atoms with Crippen LogP contribution in [0.2, 0.25) is 0 Å². The van der Waals surface area contributed by atoms with Crippen LogP contribution >= 0.6 is 0 Å². The van der Waals surface area contributed by atoms with Crippen LogP contribution < -0.4 is 5.32 Å². The average molecular weight is 254 g/mol. The van der Waals surface area contributed by atoms with E-state index in [9.17, 15) is 4.79 Å². The monoisotopic (exact) mass is 254 g/mol. The summed E-state index contributed by atoms with van der Waals surface area (Å²) in [4.78, 5) is 14.1. The Morgan fingerprint density at radius 2 is 1.83 bits per heavy atom. The lowest BCUT2D eigenvalue weighted by Crippen LogP contribution is -2.40.